The quantitative estimate of drug-likeness (QED) is 0.175. The van der Waals surface area contributed by atoms with Crippen molar-refractivity contribution in [3.8, 4) is 11.3 Å². The summed E-state index contributed by atoms with van der Waals surface area (Å²) in [6, 6.07) is 42.2. The van der Waals surface area contributed by atoms with Crippen LogP contribution in [-0.2, 0) is 25.5 Å². The molecule has 0 N–H and O–H groups in total. The van der Waals surface area contributed by atoms with Gasteiger partial charge in [-0.15, -0.1) is 53.8 Å². The first-order valence-electron chi connectivity index (χ1n) is 13.5. The SMILES string of the molecule is CC(C)c1ccc(N2[CH-]N3c4[c-]cccc4C(C)(C)c4cccc2c43)cc1.[Ir+3].[c-]1ccccc1-c1ccccn1. The summed E-state index contributed by atoms with van der Waals surface area (Å²) >= 11 is 0. The van der Waals surface area contributed by atoms with Crippen LogP contribution < -0.4 is 9.80 Å². The number of para-hydroxylation sites is 2. The molecule has 0 spiro atoms. The number of hydrogen-bond donors (Lipinski definition) is 0. The van der Waals surface area contributed by atoms with Crippen LogP contribution in [0.15, 0.2) is 109 Å². The molecule has 0 radical (unpaired) electrons. The van der Waals surface area contributed by atoms with Gasteiger partial charge in [0.15, 0.2) is 0 Å². The van der Waals surface area contributed by atoms with Gasteiger partial charge in [0.1, 0.15) is 0 Å². The number of benzene rings is 4. The van der Waals surface area contributed by atoms with E-state index in [4.69, 9.17) is 0 Å². The van der Waals surface area contributed by atoms with E-state index in [2.05, 4.69) is 116 Å². The van der Waals surface area contributed by atoms with Crippen molar-refractivity contribution < 1.29 is 20.1 Å². The maximum Gasteiger partial charge on any atom is 3.00 e. The third-order valence-corrected chi connectivity index (χ3v) is 7.66. The zero-order valence-electron chi connectivity index (χ0n) is 23.2. The molecule has 0 aliphatic carbocycles. The molecule has 0 atom stereocenters. The summed E-state index contributed by atoms with van der Waals surface area (Å²) in [4.78, 5) is 8.83. The van der Waals surface area contributed by atoms with Crippen molar-refractivity contribution in [3.05, 3.63) is 145 Å². The Morgan fingerprint density at radius 2 is 1.50 bits per heavy atom. The van der Waals surface area contributed by atoms with Gasteiger partial charge in [0.05, 0.1) is 0 Å². The standard InChI is InChI=1S/C25H24N2.C11H8N.Ir/c1-17(2)18-12-14-19(15-13-18)26-16-27-22-10-6-5-8-20(22)25(3,4)21-9-7-11-23(26)24(21)27;1-2-6-10(7-3-1)11-8-4-5-9-12-11;/h5-9,11-17H,1-4H3;1-6,8-9H;/q-2;-1;+3. The first-order valence-corrected chi connectivity index (χ1v) is 13.5. The van der Waals surface area contributed by atoms with E-state index in [0.29, 0.717) is 5.92 Å². The van der Waals surface area contributed by atoms with Gasteiger partial charge in [-0.3, -0.25) is 0 Å². The van der Waals surface area contributed by atoms with E-state index in [-0.39, 0.29) is 25.5 Å². The van der Waals surface area contributed by atoms with Crippen LogP contribution in [0.5, 0.6) is 0 Å². The maximum atomic E-state index is 4.22. The minimum atomic E-state index is -0.0414. The molecule has 0 fully saturated rings. The summed E-state index contributed by atoms with van der Waals surface area (Å²) in [6.45, 7) is 11.3. The summed E-state index contributed by atoms with van der Waals surface area (Å²) in [6.07, 6.45) is 1.79. The molecule has 40 heavy (non-hydrogen) atoms. The van der Waals surface area contributed by atoms with Crippen LogP contribution in [0.1, 0.15) is 50.3 Å². The molecule has 7 rings (SSSR count). The van der Waals surface area contributed by atoms with Crippen molar-refractivity contribution in [1.29, 1.82) is 0 Å². The normalized spacial score (nSPS) is 14.0. The Hall–Kier alpha value is -3.72. The molecule has 2 aliphatic heterocycles. The first kappa shape index (κ1) is 27.8. The van der Waals surface area contributed by atoms with Crippen LogP contribution >= 0.6 is 0 Å². The van der Waals surface area contributed by atoms with Crippen molar-refractivity contribution in [1.82, 2.24) is 4.98 Å². The number of hydrogen-bond acceptors (Lipinski definition) is 3. The Bertz CT molecular complexity index is 1540. The molecule has 0 bridgehead atoms. The summed E-state index contributed by atoms with van der Waals surface area (Å²) in [5.41, 5.74) is 10.9. The van der Waals surface area contributed by atoms with Gasteiger partial charge >= 0.3 is 20.1 Å². The smallest absolute Gasteiger partial charge is 0.493 e. The summed E-state index contributed by atoms with van der Waals surface area (Å²) in [5.74, 6) is 0.543. The second kappa shape index (κ2) is 11.4. The number of nitrogens with zero attached hydrogens (tertiary/aromatic N) is 3. The first-order chi connectivity index (χ1) is 18.9. The second-order valence-corrected chi connectivity index (χ2v) is 10.8. The average Bonchev–Trinajstić information content (AvgIpc) is 3.38. The molecule has 0 saturated heterocycles. The van der Waals surface area contributed by atoms with E-state index < -0.39 is 0 Å². The van der Waals surface area contributed by atoms with Gasteiger partial charge in [-0.1, -0.05) is 64.1 Å². The average molecular weight is 699 g/mol. The fourth-order valence-corrected chi connectivity index (χ4v) is 5.47. The van der Waals surface area contributed by atoms with Crippen LogP contribution in [-0.4, -0.2) is 4.98 Å². The van der Waals surface area contributed by atoms with Crippen molar-refractivity contribution in [2.45, 2.75) is 39.0 Å². The number of anilines is 4. The fourth-order valence-electron chi connectivity index (χ4n) is 5.47. The van der Waals surface area contributed by atoms with Gasteiger partial charge in [-0.05, 0) is 52.4 Å². The van der Waals surface area contributed by atoms with Crippen LogP contribution in [0, 0.1) is 18.8 Å². The molecule has 3 nitrogen and oxygen atoms in total. The molecule has 200 valence electrons. The van der Waals surface area contributed by atoms with E-state index in [1.807, 2.05) is 48.5 Å². The summed E-state index contributed by atoms with van der Waals surface area (Å²) in [7, 11) is 0. The fraction of sp³-hybridized carbons (Fsp3) is 0.167. The minimum Gasteiger partial charge on any atom is -0.493 e. The Morgan fingerprint density at radius 1 is 0.750 bits per heavy atom. The van der Waals surface area contributed by atoms with Crippen LogP contribution in [0.25, 0.3) is 11.3 Å². The van der Waals surface area contributed by atoms with Crippen LogP contribution in [0.2, 0.25) is 0 Å². The zero-order chi connectivity index (χ0) is 27.0. The number of aromatic nitrogens is 1. The van der Waals surface area contributed by atoms with Gasteiger partial charge in [0, 0.05) is 23.3 Å². The molecule has 4 heteroatoms. The third-order valence-electron chi connectivity index (χ3n) is 7.66. The van der Waals surface area contributed by atoms with Crippen molar-refractivity contribution in [2.75, 3.05) is 9.80 Å². The molecule has 1 aromatic heterocycles. The number of rotatable bonds is 3. The largest absolute Gasteiger partial charge is 3.00 e. The Morgan fingerprint density at radius 3 is 2.20 bits per heavy atom. The predicted molar refractivity (Wildman–Crippen MR) is 161 cm³/mol. The second-order valence-electron chi connectivity index (χ2n) is 10.8. The van der Waals surface area contributed by atoms with Crippen molar-refractivity contribution in [2.24, 2.45) is 0 Å². The summed E-state index contributed by atoms with van der Waals surface area (Å²) in [5, 5.41) is 0. The molecule has 0 unspecified atom stereocenters. The Labute approximate surface area is 251 Å². The van der Waals surface area contributed by atoms with Crippen molar-refractivity contribution >= 4 is 22.7 Å². The zero-order valence-corrected chi connectivity index (χ0v) is 25.6. The van der Waals surface area contributed by atoms with E-state index in [0.717, 1.165) is 16.9 Å². The van der Waals surface area contributed by atoms with Gasteiger partial charge in [0.2, 0.25) is 0 Å². The molecule has 3 heterocycles. The van der Waals surface area contributed by atoms with E-state index in [1.165, 1.54) is 33.8 Å². The minimum absolute atomic E-state index is 0. The number of pyridine rings is 1. The predicted octanol–water partition coefficient (Wildman–Crippen LogP) is 9.20. The molecular formula is C36H32IrN3. The van der Waals surface area contributed by atoms with Crippen molar-refractivity contribution in [3.63, 3.8) is 0 Å². The van der Waals surface area contributed by atoms with E-state index in [1.54, 1.807) is 6.20 Å². The monoisotopic (exact) mass is 699 g/mol. The molecule has 2 aliphatic rings. The van der Waals surface area contributed by atoms with E-state index >= 15 is 0 Å². The van der Waals surface area contributed by atoms with Gasteiger partial charge in [-0.25, -0.2) is 0 Å². The molecule has 0 amide bonds. The van der Waals surface area contributed by atoms with Crippen LogP contribution in [0.4, 0.5) is 22.7 Å². The Kier molecular flexibility index (Phi) is 7.94. The molecular weight excluding hydrogens is 667 g/mol. The summed E-state index contributed by atoms with van der Waals surface area (Å²) < 4.78 is 0. The molecule has 4 aromatic carbocycles. The van der Waals surface area contributed by atoms with E-state index in [9.17, 15) is 0 Å². The molecule has 5 aromatic rings. The third kappa shape index (κ3) is 4.98. The Balaban J connectivity index is 0.000000209. The maximum absolute atomic E-state index is 4.22. The van der Waals surface area contributed by atoms with Gasteiger partial charge in [-0.2, -0.15) is 24.3 Å². The van der Waals surface area contributed by atoms with Gasteiger partial charge < -0.3 is 14.8 Å². The number of fused-ring (bicyclic) bond motifs is 2. The van der Waals surface area contributed by atoms with Gasteiger partial charge in [0.25, 0.3) is 0 Å². The topological polar surface area (TPSA) is 19.4 Å². The molecule has 0 saturated carbocycles. The van der Waals surface area contributed by atoms with Crippen LogP contribution in [0.3, 0.4) is 0 Å².